The Balaban J connectivity index is -0.0000000450. The fraction of sp³-hybridized carbons (Fsp3) is 0.667. The summed E-state index contributed by atoms with van der Waals surface area (Å²) in [7, 11) is 6.00. The van der Waals surface area contributed by atoms with Gasteiger partial charge in [0.15, 0.2) is 0 Å². The van der Waals surface area contributed by atoms with Crippen LogP contribution in [0.4, 0.5) is 0 Å². The minimum Gasteiger partial charge on any atom is -0.487 e. The van der Waals surface area contributed by atoms with Crippen molar-refractivity contribution in [3.63, 3.8) is 0 Å². The van der Waals surface area contributed by atoms with Crippen molar-refractivity contribution >= 4 is 34.8 Å². The van der Waals surface area contributed by atoms with E-state index in [1.54, 1.807) is 0 Å². The van der Waals surface area contributed by atoms with Crippen LogP contribution in [0, 0.1) is 0 Å². The molecule has 0 aromatic rings. The van der Waals surface area contributed by atoms with Crippen molar-refractivity contribution in [1.82, 2.24) is 4.90 Å². The highest BCUT2D eigenvalue weighted by molar-refractivity contribution is 7.80. The van der Waals surface area contributed by atoms with Gasteiger partial charge in [-0.3, -0.25) is 0 Å². The first-order chi connectivity index (χ1) is 5.20. The number of aliphatic hydroxyl groups excluding tert-OH is 2. The summed E-state index contributed by atoms with van der Waals surface area (Å²) in [5.41, 5.74) is 8.80. The van der Waals surface area contributed by atoms with Crippen LogP contribution < -0.4 is 11.5 Å². The number of nitrogens with zero attached hydrogens (tertiary/aromatic N) is 1. The predicted molar refractivity (Wildman–Crippen MR) is 65.2 cm³/mol. The molecule has 5 nitrogen and oxygen atoms in total. The van der Waals surface area contributed by atoms with E-state index in [9.17, 15) is 0 Å². The molecule has 0 rings (SSSR count). The van der Waals surface area contributed by atoms with Crippen LogP contribution in [0.2, 0.25) is 0 Å². The molecule has 0 amide bonds. The lowest BCUT2D eigenvalue weighted by atomic mass is 11.0. The monoisotopic (exact) mass is 229 g/mol. The molecule has 0 spiro atoms. The smallest absolute Gasteiger partial charge is 0.251 e. The highest BCUT2D eigenvalue weighted by atomic mass is 32.1. The molecule has 0 saturated carbocycles. The van der Waals surface area contributed by atoms with E-state index in [1.807, 2.05) is 26.0 Å². The standard InChI is InChI=1S/C3H9N.2CH3NOS.CH4/c1-4(2)3;2*2-1(3)4;/h1-3H3;2*(H3,2,3,4);1H4. The van der Waals surface area contributed by atoms with Crippen molar-refractivity contribution in [2.24, 2.45) is 11.5 Å². The Morgan fingerprint density at radius 2 is 1.00 bits per heavy atom. The van der Waals surface area contributed by atoms with Gasteiger partial charge in [-0.25, -0.2) is 0 Å². The molecule has 0 bridgehead atoms. The molecule has 0 unspecified atom stereocenters. The van der Waals surface area contributed by atoms with Crippen molar-refractivity contribution in [1.29, 1.82) is 0 Å². The van der Waals surface area contributed by atoms with E-state index >= 15 is 0 Å². The molecule has 6 N–H and O–H groups in total. The lowest BCUT2D eigenvalue weighted by Gasteiger charge is -1.90. The molecule has 0 aliphatic rings. The number of hydrogen-bond acceptors (Lipinski definition) is 3. The number of nitrogens with two attached hydrogens (primary N) is 2. The van der Waals surface area contributed by atoms with Gasteiger partial charge in [-0.15, -0.1) is 0 Å². The van der Waals surface area contributed by atoms with E-state index in [1.165, 1.54) is 0 Å². The largest absolute Gasteiger partial charge is 0.487 e. The first-order valence-electron chi connectivity index (χ1n) is 2.77. The first-order valence-corrected chi connectivity index (χ1v) is 3.59. The van der Waals surface area contributed by atoms with Crippen LogP contribution in [0.25, 0.3) is 0 Å². The van der Waals surface area contributed by atoms with Crippen LogP contribution in [0.1, 0.15) is 7.43 Å². The predicted octanol–water partition coefficient (Wildman–Crippen LogP) is 0.390. The van der Waals surface area contributed by atoms with Crippen LogP contribution >= 0.6 is 24.4 Å². The molecule has 0 atom stereocenters. The summed E-state index contributed by atoms with van der Waals surface area (Å²) < 4.78 is 0. The lowest BCUT2D eigenvalue weighted by molar-refractivity contribution is 0.505. The summed E-state index contributed by atoms with van der Waals surface area (Å²) in [5, 5.41) is 14.1. The van der Waals surface area contributed by atoms with E-state index < -0.39 is 10.3 Å². The molecule has 0 saturated heterocycles. The maximum Gasteiger partial charge on any atom is 0.251 e. The van der Waals surface area contributed by atoms with Gasteiger partial charge in [0.1, 0.15) is 0 Å². The third-order valence-electron chi connectivity index (χ3n) is 0. The maximum absolute atomic E-state index is 7.56. The molecule has 0 aliphatic heterocycles. The van der Waals surface area contributed by atoms with Gasteiger partial charge in [-0.1, -0.05) is 7.43 Å². The number of rotatable bonds is 0. The average molecular weight is 229 g/mol. The second kappa shape index (κ2) is 17.4. The highest BCUT2D eigenvalue weighted by Crippen LogP contribution is 1.47. The van der Waals surface area contributed by atoms with Crippen molar-refractivity contribution in [2.45, 2.75) is 7.43 Å². The molecule has 13 heavy (non-hydrogen) atoms. The summed E-state index contributed by atoms with van der Waals surface area (Å²) in [4.78, 5) is 2.00. The summed E-state index contributed by atoms with van der Waals surface area (Å²) in [6, 6.07) is 0. The van der Waals surface area contributed by atoms with E-state index in [4.69, 9.17) is 10.2 Å². The molecule has 0 fully saturated rings. The zero-order valence-electron chi connectivity index (χ0n) is 7.31. The van der Waals surface area contributed by atoms with Gasteiger partial charge in [0, 0.05) is 0 Å². The third-order valence-corrected chi connectivity index (χ3v) is 0. The zero-order valence-corrected chi connectivity index (χ0v) is 8.95. The topological polar surface area (TPSA) is 95.7 Å². The van der Waals surface area contributed by atoms with E-state index in [0.717, 1.165) is 0 Å². The van der Waals surface area contributed by atoms with Crippen molar-refractivity contribution in [3.05, 3.63) is 0 Å². The Bertz CT molecular complexity index is 108. The number of aliphatic hydroxyl groups is 2. The summed E-state index contributed by atoms with van der Waals surface area (Å²) in [6.45, 7) is 0. The molecule has 82 valence electrons. The van der Waals surface area contributed by atoms with Crippen LogP contribution in [-0.2, 0) is 0 Å². The van der Waals surface area contributed by atoms with Gasteiger partial charge in [-0.05, 0) is 45.6 Å². The van der Waals surface area contributed by atoms with E-state index in [0.29, 0.717) is 0 Å². The van der Waals surface area contributed by atoms with E-state index in [-0.39, 0.29) is 7.43 Å². The quantitative estimate of drug-likeness (QED) is 0.446. The fourth-order valence-corrected chi connectivity index (χ4v) is 0. The van der Waals surface area contributed by atoms with Crippen LogP contribution in [-0.4, -0.2) is 46.6 Å². The number of thiocarbonyl (C=S) groups is 2. The van der Waals surface area contributed by atoms with Gasteiger partial charge in [0.2, 0.25) is 0 Å². The maximum atomic E-state index is 7.56. The SMILES string of the molecule is C.CN(C)C.NC(O)=S.NC(O)=S. The van der Waals surface area contributed by atoms with Gasteiger partial charge in [0.05, 0.1) is 0 Å². The van der Waals surface area contributed by atoms with Crippen LogP contribution in [0.15, 0.2) is 0 Å². The third kappa shape index (κ3) is 2270. The fourth-order valence-electron chi connectivity index (χ4n) is 0. The van der Waals surface area contributed by atoms with Crippen molar-refractivity contribution < 1.29 is 10.2 Å². The van der Waals surface area contributed by atoms with Crippen LogP contribution in [0.5, 0.6) is 0 Å². The molecule has 0 aliphatic carbocycles. The van der Waals surface area contributed by atoms with Gasteiger partial charge >= 0.3 is 0 Å². The van der Waals surface area contributed by atoms with Crippen LogP contribution in [0.3, 0.4) is 0 Å². The second-order valence-electron chi connectivity index (χ2n) is 2.02. The van der Waals surface area contributed by atoms with Gasteiger partial charge in [-0.2, -0.15) is 0 Å². The minimum absolute atomic E-state index is 0. The molecular weight excluding hydrogens is 210 g/mol. The van der Waals surface area contributed by atoms with Gasteiger partial charge in [0.25, 0.3) is 10.3 Å². The molecule has 0 aromatic carbocycles. The normalized spacial score (nSPS) is 6.46. The molecule has 7 heteroatoms. The van der Waals surface area contributed by atoms with Crippen molar-refractivity contribution in [2.75, 3.05) is 21.1 Å². The molecular formula is C6H19N3O2S2. The first kappa shape index (κ1) is 22.8. The van der Waals surface area contributed by atoms with E-state index in [2.05, 4.69) is 35.9 Å². The van der Waals surface area contributed by atoms with Gasteiger partial charge < -0.3 is 26.6 Å². The summed E-state index contributed by atoms with van der Waals surface area (Å²) in [6.07, 6.45) is 0. The zero-order chi connectivity index (χ0) is 10.7. The minimum atomic E-state index is -0.500. The Labute approximate surface area is 90.3 Å². The summed E-state index contributed by atoms with van der Waals surface area (Å²) in [5.74, 6) is 0. The molecule has 0 heterocycles. The van der Waals surface area contributed by atoms with Crippen molar-refractivity contribution in [3.8, 4) is 0 Å². The molecule has 0 radical (unpaired) electrons. The Morgan fingerprint density at radius 1 is 1.00 bits per heavy atom. The lowest BCUT2D eigenvalue weighted by Crippen LogP contribution is -2.03. The Morgan fingerprint density at radius 3 is 1.00 bits per heavy atom. The average Bonchev–Trinajstić information content (AvgIpc) is 1.54. The highest BCUT2D eigenvalue weighted by Gasteiger charge is 1.58. The number of hydrogen-bond donors (Lipinski definition) is 4. The molecule has 0 aromatic heterocycles. The Hall–Kier alpha value is -0.660. The second-order valence-corrected chi connectivity index (χ2v) is 2.85. The Kier molecular flexibility index (Phi) is 30.6. The summed E-state index contributed by atoms with van der Waals surface area (Å²) >= 11 is 7.74.